The number of rotatable bonds is 4. The zero-order chi connectivity index (χ0) is 13.5. The van der Waals surface area contributed by atoms with Crippen LogP contribution >= 0.6 is 0 Å². The Morgan fingerprint density at radius 1 is 1.50 bits per heavy atom. The first-order chi connectivity index (χ1) is 8.52. The SMILES string of the molecule is CCOC(=O)C=Cc1coc(OC(=O)O)cc1=O. The van der Waals surface area contributed by atoms with Gasteiger partial charge in [-0.05, 0) is 13.0 Å². The lowest BCUT2D eigenvalue weighted by Crippen LogP contribution is -2.08. The lowest BCUT2D eigenvalue weighted by atomic mass is 10.2. The van der Waals surface area contributed by atoms with Crippen LogP contribution in [0.5, 0.6) is 5.95 Å². The van der Waals surface area contributed by atoms with Crippen LogP contribution in [0.3, 0.4) is 0 Å². The lowest BCUT2D eigenvalue weighted by molar-refractivity contribution is -0.137. The second-order valence-corrected chi connectivity index (χ2v) is 2.97. The maximum absolute atomic E-state index is 11.5. The Bertz CT molecular complexity index is 526. The van der Waals surface area contributed by atoms with Crippen molar-refractivity contribution in [2.24, 2.45) is 0 Å². The fourth-order valence-electron chi connectivity index (χ4n) is 1.01. The summed E-state index contributed by atoms with van der Waals surface area (Å²) in [7, 11) is 0. The molecule has 1 heterocycles. The van der Waals surface area contributed by atoms with Gasteiger partial charge in [0.05, 0.1) is 18.2 Å². The molecular formula is C11H10O7. The molecule has 0 saturated carbocycles. The largest absolute Gasteiger partial charge is 0.513 e. The van der Waals surface area contributed by atoms with Crippen LogP contribution < -0.4 is 10.2 Å². The fraction of sp³-hybridized carbons (Fsp3) is 0.182. The van der Waals surface area contributed by atoms with Crippen molar-refractivity contribution in [2.45, 2.75) is 6.92 Å². The average molecular weight is 254 g/mol. The molecule has 0 amide bonds. The maximum atomic E-state index is 11.5. The number of esters is 1. The Hall–Kier alpha value is -2.57. The molecular weight excluding hydrogens is 244 g/mol. The Morgan fingerprint density at radius 3 is 2.78 bits per heavy atom. The van der Waals surface area contributed by atoms with Crippen molar-refractivity contribution in [1.82, 2.24) is 0 Å². The summed E-state index contributed by atoms with van der Waals surface area (Å²) in [6, 6.07) is 0.860. The third kappa shape index (κ3) is 4.12. The number of carboxylic acid groups (broad SMARTS) is 1. The highest BCUT2D eigenvalue weighted by Gasteiger charge is 2.06. The van der Waals surface area contributed by atoms with E-state index < -0.39 is 23.5 Å². The highest BCUT2D eigenvalue weighted by Crippen LogP contribution is 2.09. The highest BCUT2D eigenvalue weighted by molar-refractivity contribution is 5.86. The molecule has 1 rings (SSSR count). The van der Waals surface area contributed by atoms with Gasteiger partial charge in [0.2, 0.25) is 0 Å². The number of hydrogen-bond acceptors (Lipinski definition) is 6. The van der Waals surface area contributed by atoms with E-state index in [9.17, 15) is 14.4 Å². The van der Waals surface area contributed by atoms with Crippen molar-refractivity contribution < 1.29 is 28.6 Å². The van der Waals surface area contributed by atoms with Crippen molar-refractivity contribution in [3.63, 3.8) is 0 Å². The number of carbonyl (C=O) groups excluding carboxylic acids is 1. The standard InChI is InChI=1S/C11H10O7/c1-2-16-9(13)4-3-7-6-17-10(5-8(7)12)18-11(14)15/h3-6H,2H2,1H3,(H,14,15). The van der Waals surface area contributed by atoms with E-state index >= 15 is 0 Å². The lowest BCUT2D eigenvalue weighted by Gasteiger charge is -1.98. The first-order valence-electron chi connectivity index (χ1n) is 4.91. The Balaban J connectivity index is 2.83. The van der Waals surface area contributed by atoms with E-state index in [1.54, 1.807) is 6.92 Å². The van der Waals surface area contributed by atoms with Gasteiger partial charge in [0.1, 0.15) is 6.26 Å². The minimum Gasteiger partial charge on any atom is -0.463 e. The molecule has 1 N–H and O–H groups in total. The molecule has 0 bridgehead atoms. The molecule has 96 valence electrons. The van der Waals surface area contributed by atoms with E-state index in [4.69, 9.17) is 9.52 Å². The van der Waals surface area contributed by atoms with Crippen LogP contribution in [0.4, 0.5) is 4.79 Å². The van der Waals surface area contributed by atoms with Gasteiger partial charge in [-0.15, -0.1) is 0 Å². The van der Waals surface area contributed by atoms with Crippen molar-refractivity contribution in [1.29, 1.82) is 0 Å². The van der Waals surface area contributed by atoms with Crippen molar-refractivity contribution in [3.05, 3.63) is 34.2 Å². The summed E-state index contributed by atoms with van der Waals surface area (Å²) < 4.78 is 13.5. The van der Waals surface area contributed by atoms with E-state index in [0.29, 0.717) is 0 Å². The fourth-order valence-corrected chi connectivity index (χ4v) is 1.01. The second-order valence-electron chi connectivity index (χ2n) is 2.97. The number of hydrogen-bond donors (Lipinski definition) is 1. The van der Waals surface area contributed by atoms with Crippen LogP contribution in [0.2, 0.25) is 0 Å². The summed E-state index contributed by atoms with van der Waals surface area (Å²) in [5.41, 5.74) is -0.473. The summed E-state index contributed by atoms with van der Waals surface area (Å²) in [5, 5.41) is 8.30. The van der Waals surface area contributed by atoms with Crippen LogP contribution in [-0.4, -0.2) is 23.8 Å². The summed E-state index contributed by atoms with van der Waals surface area (Å²) in [6.07, 6.45) is 1.66. The normalized spacial score (nSPS) is 10.3. The van der Waals surface area contributed by atoms with Gasteiger partial charge in [-0.1, -0.05) is 0 Å². The molecule has 0 fully saturated rings. The van der Waals surface area contributed by atoms with Gasteiger partial charge in [-0.2, -0.15) is 0 Å². The summed E-state index contributed by atoms with van der Waals surface area (Å²) in [5.74, 6) is -1.04. The summed E-state index contributed by atoms with van der Waals surface area (Å²) in [6.45, 7) is 1.88. The van der Waals surface area contributed by atoms with Gasteiger partial charge < -0.3 is 19.0 Å². The maximum Gasteiger partial charge on any atom is 0.513 e. The van der Waals surface area contributed by atoms with Crippen LogP contribution in [-0.2, 0) is 9.53 Å². The van der Waals surface area contributed by atoms with Gasteiger partial charge in [0.25, 0.3) is 5.95 Å². The Kier molecular flexibility index (Phi) is 4.67. The molecule has 18 heavy (non-hydrogen) atoms. The topological polar surface area (TPSA) is 103 Å². The molecule has 0 aliphatic heterocycles. The molecule has 1 aromatic heterocycles. The highest BCUT2D eigenvalue weighted by atomic mass is 16.7. The number of carbonyl (C=O) groups is 2. The van der Waals surface area contributed by atoms with E-state index in [-0.39, 0.29) is 12.2 Å². The summed E-state index contributed by atoms with van der Waals surface area (Å²) >= 11 is 0. The van der Waals surface area contributed by atoms with E-state index in [1.807, 2.05) is 0 Å². The molecule has 0 aliphatic carbocycles. The van der Waals surface area contributed by atoms with Crippen LogP contribution in [0.1, 0.15) is 12.5 Å². The molecule has 7 nitrogen and oxygen atoms in total. The van der Waals surface area contributed by atoms with E-state index in [0.717, 1.165) is 18.4 Å². The smallest absolute Gasteiger partial charge is 0.463 e. The quantitative estimate of drug-likeness (QED) is 0.637. The minimum absolute atomic E-state index is 0.0702. The average Bonchev–Trinajstić information content (AvgIpc) is 2.27. The van der Waals surface area contributed by atoms with Crippen molar-refractivity contribution >= 4 is 18.2 Å². The van der Waals surface area contributed by atoms with Crippen LogP contribution in [0.15, 0.2) is 27.6 Å². The number of ether oxygens (including phenoxy) is 2. The predicted octanol–water partition coefficient (Wildman–Crippen LogP) is 1.27. The molecule has 7 heteroatoms. The van der Waals surface area contributed by atoms with Gasteiger partial charge in [0, 0.05) is 6.08 Å². The molecule has 0 aromatic carbocycles. The van der Waals surface area contributed by atoms with Crippen LogP contribution in [0.25, 0.3) is 6.08 Å². The molecule has 0 aliphatic rings. The van der Waals surface area contributed by atoms with Gasteiger partial charge in [0.15, 0.2) is 5.43 Å². The molecule has 0 radical (unpaired) electrons. The zero-order valence-electron chi connectivity index (χ0n) is 9.41. The third-order valence-electron chi connectivity index (χ3n) is 1.71. The van der Waals surface area contributed by atoms with Gasteiger partial charge >= 0.3 is 12.1 Å². The van der Waals surface area contributed by atoms with E-state index in [1.165, 1.54) is 6.08 Å². The molecule has 0 atom stereocenters. The molecule has 0 saturated heterocycles. The molecule has 0 unspecified atom stereocenters. The van der Waals surface area contributed by atoms with E-state index in [2.05, 4.69) is 9.47 Å². The first-order valence-corrected chi connectivity index (χ1v) is 4.91. The monoisotopic (exact) mass is 254 g/mol. The Labute approximate surface area is 101 Å². The van der Waals surface area contributed by atoms with Crippen molar-refractivity contribution in [2.75, 3.05) is 6.61 Å². The Morgan fingerprint density at radius 2 is 2.22 bits per heavy atom. The third-order valence-corrected chi connectivity index (χ3v) is 1.71. The second kappa shape index (κ2) is 6.24. The van der Waals surface area contributed by atoms with Gasteiger partial charge in [-0.25, -0.2) is 9.59 Å². The van der Waals surface area contributed by atoms with Crippen LogP contribution in [0, 0.1) is 0 Å². The first kappa shape index (κ1) is 13.5. The van der Waals surface area contributed by atoms with Crippen molar-refractivity contribution in [3.8, 4) is 5.95 Å². The summed E-state index contributed by atoms with van der Waals surface area (Å²) in [4.78, 5) is 32.6. The molecule has 0 spiro atoms. The van der Waals surface area contributed by atoms with Gasteiger partial charge in [-0.3, -0.25) is 4.79 Å². The predicted molar refractivity (Wildman–Crippen MR) is 59.3 cm³/mol. The zero-order valence-corrected chi connectivity index (χ0v) is 9.41. The minimum atomic E-state index is -1.59. The molecule has 1 aromatic rings.